The molecule has 1 aromatic heterocycles. The van der Waals surface area contributed by atoms with E-state index in [1.807, 2.05) is 13.0 Å². The molecule has 2 nitrogen and oxygen atoms in total. The van der Waals surface area contributed by atoms with Gasteiger partial charge in [-0.1, -0.05) is 6.07 Å². The van der Waals surface area contributed by atoms with Crippen LogP contribution in [0.4, 0.5) is 4.39 Å². The number of aryl methyl sites for hydroxylation is 1. The summed E-state index contributed by atoms with van der Waals surface area (Å²) in [5.74, 6) is -0.151. The second-order valence-electron chi connectivity index (χ2n) is 4.56. The number of aromatic nitrogens is 1. The summed E-state index contributed by atoms with van der Waals surface area (Å²) in [5.41, 5.74) is 4.25. The van der Waals surface area contributed by atoms with E-state index in [2.05, 4.69) is 17.2 Å². The Bertz CT molecular complexity index is 557. The van der Waals surface area contributed by atoms with Crippen LogP contribution in [0.5, 0.6) is 0 Å². The van der Waals surface area contributed by atoms with E-state index in [4.69, 9.17) is 0 Å². The second kappa shape index (κ2) is 3.32. The standard InChI is InChI=1S/C13H15FN2/c1-7-3-4-9(14)13-11(7)12-8(2)15-6-5-10(12)16-13/h3-4,8,15-16H,5-6H2,1-2H3/t8-/m0/s1. The van der Waals surface area contributed by atoms with Gasteiger partial charge in [-0.15, -0.1) is 0 Å². The van der Waals surface area contributed by atoms with Crippen molar-refractivity contribution in [1.82, 2.24) is 10.3 Å². The van der Waals surface area contributed by atoms with Gasteiger partial charge < -0.3 is 10.3 Å². The lowest BCUT2D eigenvalue weighted by atomic mass is 9.97. The molecular formula is C13H15FN2. The van der Waals surface area contributed by atoms with Crippen LogP contribution in [0, 0.1) is 12.7 Å². The van der Waals surface area contributed by atoms with E-state index in [0.717, 1.165) is 23.9 Å². The van der Waals surface area contributed by atoms with Gasteiger partial charge in [-0.3, -0.25) is 0 Å². The number of aromatic amines is 1. The Balaban J connectivity index is 2.42. The van der Waals surface area contributed by atoms with Crippen molar-refractivity contribution >= 4 is 10.9 Å². The topological polar surface area (TPSA) is 27.8 Å². The van der Waals surface area contributed by atoms with E-state index in [1.54, 1.807) is 0 Å². The van der Waals surface area contributed by atoms with Crippen molar-refractivity contribution in [3.8, 4) is 0 Å². The van der Waals surface area contributed by atoms with Gasteiger partial charge in [0, 0.05) is 30.1 Å². The summed E-state index contributed by atoms with van der Waals surface area (Å²) in [6, 6.07) is 3.70. The van der Waals surface area contributed by atoms with Gasteiger partial charge in [-0.05, 0) is 31.0 Å². The van der Waals surface area contributed by atoms with Crippen LogP contribution in [0.1, 0.15) is 29.8 Å². The lowest BCUT2D eigenvalue weighted by Gasteiger charge is -2.21. The molecule has 0 spiro atoms. The highest BCUT2D eigenvalue weighted by atomic mass is 19.1. The molecule has 0 saturated heterocycles. The number of H-pyrrole nitrogens is 1. The van der Waals surface area contributed by atoms with Gasteiger partial charge in [0.05, 0.1) is 5.52 Å². The highest BCUT2D eigenvalue weighted by molar-refractivity contribution is 5.89. The van der Waals surface area contributed by atoms with Gasteiger partial charge in [0.15, 0.2) is 0 Å². The molecule has 2 aromatic rings. The Morgan fingerprint density at radius 3 is 3.00 bits per heavy atom. The number of benzene rings is 1. The largest absolute Gasteiger partial charge is 0.356 e. The minimum atomic E-state index is -0.151. The van der Waals surface area contributed by atoms with Crippen molar-refractivity contribution in [1.29, 1.82) is 0 Å². The van der Waals surface area contributed by atoms with Crippen molar-refractivity contribution in [2.24, 2.45) is 0 Å². The third-order valence-electron chi connectivity index (χ3n) is 3.49. The summed E-state index contributed by atoms with van der Waals surface area (Å²) in [7, 11) is 0. The molecule has 2 heterocycles. The predicted molar refractivity (Wildman–Crippen MR) is 63.1 cm³/mol. The van der Waals surface area contributed by atoms with Gasteiger partial charge in [0.25, 0.3) is 0 Å². The molecule has 0 amide bonds. The maximum absolute atomic E-state index is 13.7. The number of fused-ring (bicyclic) bond motifs is 3. The Morgan fingerprint density at radius 2 is 2.19 bits per heavy atom. The number of rotatable bonds is 0. The van der Waals surface area contributed by atoms with Gasteiger partial charge in [-0.25, -0.2) is 4.39 Å². The SMILES string of the molecule is Cc1ccc(F)c2[nH]c3c(c12)[C@H](C)NCC3. The average Bonchev–Trinajstić information content (AvgIpc) is 2.65. The summed E-state index contributed by atoms with van der Waals surface area (Å²) >= 11 is 0. The van der Waals surface area contributed by atoms with Crippen LogP contribution in [0.25, 0.3) is 10.9 Å². The smallest absolute Gasteiger partial charge is 0.147 e. The summed E-state index contributed by atoms with van der Waals surface area (Å²) in [5, 5.41) is 4.49. The zero-order chi connectivity index (χ0) is 11.3. The molecule has 1 atom stereocenters. The van der Waals surface area contributed by atoms with Gasteiger partial charge in [0.1, 0.15) is 5.82 Å². The van der Waals surface area contributed by atoms with Gasteiger partial charge in [-0.2, -0.15) is 0 Å². The van der Waals surface area contributed by atoms with Gasteiger partial charge in [0.2, 0.25) is 0 Å². The normalized spacial score (nSPS) is 20.1. The lowest BCUT2D eigenvalue weighted by molar-refractivity contribution is 0.541. The Hall–Kier alpha value is -1.35. The van der Waals surface area contributed by atoms with Crippen LogP contribution < -0.4 is 5.32 Å². The molecule has 1 aliphatic rings. The molecule has 1 aliphatic heterocycles. The first kappa shape index (κ1) is 9.85. The quantitative estimate of drug-likeness (QED) is 0.699. The maximum atomic E-state index is 13.7. The van der Waals surface area contributed by atoms with Crippen LogP contribution in [0.15, 0.2) is 12.1 Å². The number of nitrogens with one attached hydrogen (secondary N) is 2. The molecule has 0 bridgehead atoms. The van der Waals surface area contributed by atoms with Crippen molar-refractivity contribution in [2.45, 2.75) is 26.3 Å². The van der Waals surface area contributed by atoms with E-state index in [9.17, 15) is 4.39 Å². The fourth-order valence-electron chi connectivity index (χ4n) is 2.71. The molecule has 0 saturated carbocycles. The van der Waals surface area contributed by atoms with Crippen molar-refractivity contribution in [3.05, 3.63) is 34.8 Å². The molecule has 84 valence electrons. The minimum Gasteiger partial charge on any atom is -0.356 e. The summed E-state index contributed by atoms with van der Waals surface area (Å²) in [6.07, 6.45) is 0.952. The lowest BCUT2D eigenvalue weighted by Crippen LogP contribution is -2.27. The average molecular weight is 218 g/mol. The fraction of sp³-hybridized carbons (Fsp3) is 0.385. The summed E-state index contributed by atoms with van der Waals surface area (Å²) in [4.78, 5) is 3.24. The summed E-state index contributed by atoms with van der Waals surface area (Å²) in [6.45, 7) is 5.13. The third-order valence-corrected chi connectivity index (χ3v) is 3.49. The number of halogens is 1. The van der Waals surface area contributed by atoms with Crippen LogP contribution in [0.3, 0.4) is 0 Å². The van der Waals surface area contributed by atoms with Crippen LogP contribution >= 0.6 is 0 Å². The zero-order valence-electron chi connectivity index (χ0n) is 9.52. The summed E-state index contributed by atoms with van der Waals surface area (Å²) < 4.78 is 13.7. The van der Waals surface area contributed by atoms with Crippen molar-refractivity contribution in [3.63, 3.8) is 0 Å². The maximum Gasteiger partial charge on any atom is 0.147 e. The zero-order valence-corrected chi connectivity index (χ0v) is 9.52. The van der Waals surface area contributed by atoms with E-state index in [0.29, 0.717) is 11.6 Å². The molecule has 0 radical (unpaired) electrons. The molecule has 1 aromatic carbocycles. The van der Waals surface area contributed by atoms with E-state index >= 15 is 0 Å². The van der Waals surface area contributed by atoms with Crippen LogP contribution in [-0.2, 0) is 6.42 Å². The Morgan fingerprint density at radius 1 is 1.38 bits per heavy atom. The first-order valence-electron chi connectivity index (χ1n) is 5.71. The fourth-order valence-corrected chi connectivity index (χ4v) is 2.71. The highest BCUT2D eigenvalue weighted by Crippen LogP contribution is 2.33. The number of hydrogen-bond donors (Lipinski definition) is 2. The third kappa shape index (κ3) is 1.21. The van der Waals surface area contributed by atoms with Crippen LogP contribution in [0.2, 0.25) is 0 Å². The molecule has 3 heteroatoms. The number of hydrogen-bond acceptors (Lipinski definition) is 1. The van der Waals surface area contributed by atoms with E-state index in [-0.39, 0.29) is 5.82 Å². The molecule has 0 unspecified atom stereocenters. The van der Waals surface area contributed by atoms with E-state index < -0.39 is 0 Å². The first-order chi connectivity index (χ1) is 7.68. The monoisotopic (exact) mass is 218 g/mol. The molecule has 0 aliphatic carbocycles. The Labute approximate surface area is 93.9 Å². The molecule has 16 heavy (non-hydrogen) atoms. The molecule has 3 rings (SSSR count). The second-order valence-corrected chi connectivity index (χ2v) is 4.56. The predicted octanol–water partition coefficient (Wildman–Crippen LogP) is 2.82. The van der Waals surface area contributed by atoms with Gasteiger partial charge >= 0.3 is 0 Å². The van der Waals surface area contributed by atoms with Crippen molar-refractivity contribution < 1.29 is 4.39 Å². The van der Waals surface area contributed by atoms with Crippen LogP contribution in [-0.4, -0.2) is 11.5 Å². The first-order valence-corrected chi connectivity index (χ1v) is 5.71. The van der Waals surface area contributed by atoms with Crippen molar-refractivity contribution in [2.75, 3.05) is 6.54 Å². The highest BCUT2D eigenvalue weighted by Gasteiger charge is 2.23. The molecular weight excluding hydrogens is 203 g/mol. The minimum absolute atomic E-state index is 0.151. The Kier molecular flexibility index (Phi) is 2.04. The molecule has 2 N–H and O–H groups in total. The molecule has 0 fully saturated rings. The van der Waals surface area contributed by atoms with E-state index in [1.165, 1.54) is 17.3 Å².